The SMILES string of the molecule is O=C(COC(=O)c1c(F)cccc1F)c1ccc(-c2ccccc2)cc1. The van der Waals surface area contributed by atoms with Crippen LogP contribution < -0.4 is 0 Å². The van der Waals surface area contributed by atoms with Gasteiger partial charge in [-0.15, -0.1) is 0 Å². The third kappa shape index (κ3) is 3.83. The van der Waals surface area contributed by atoms with Gasteiger partial charge in [0.25, 0.3) is 0 Å². The van der Waals surface area contributed by atoms with Crippen molar-refractivity contribution in [2.45, 2.75) is 0 Å². The van der Waals surface area contributed by atoms with Gasteiger partial charge in [0.1, 0.15) is 17.2 Å². The Kier molecular flexibility index (Phi) is 5.17. The molecule has 3 aromatic rings. The summed E-state index contributed by atoms with van der Waals surface area (Å²) in [7, 11) is 0. The first-order valence-corrected chi connectivity index (χ1v) is 7.86. The van der Waals surface area contributed by atoms with Gasteiger partial charge < -0.3 is 4.74 Å². The van der Waals surface area contributed by atoms with Crippen LogP contribution in [-0.2, 0) is 4.74 Å². The van der Waals surface area contributed by atoms with Crippen LogP contribution in [0.1, 0.15) is 20.7 Å². The minimum atomic E-state index is -1.21. The van der Waals surface area contributed by atoms with Crippen molar-refractivity contribution in [3.05, 3.63) is 95.6 Å². The summed E-state index contributed by atoms with van der Waals surface area (Å²) in [4.78, 5) is 23.9. The van der Waals surface area contributed by atoms with E-state index in [-0.39, 0.29) is 0 Å². The van der Waals surface area contributed by atoms with Crippen LogP contribution in [0, 0.1) is 11.6 Å². The zero-order valence-corrected chi connectivity index (χ0v) is 13.6. The summed E-state index contributed by atoms with van der Waals surface area (Å²) >= 11 is 0. The van der Waals surface area contributed by atoms with Gasteiger partial charge in [0.15, 0.2) is 12.4 Å². The fraction of sp³-hybridized carbons (Fsp3) is 0.0476. The zero-order chi connectivity index (χ0) is 18.5. The van der Waals surface area contributed by atoms with E-state index in [1.54, 1.807) is 24.3 Å². The van der Waals surface area contributed by atoms with E-state index < -0.39 is 35.6 Å². The van der Waals surface area contributed by atoms with Crippen LogP contribution in [0.5, 0.6) is 0 Å². The number of rotatable bonds is 5. The van der Waals surface area contributed by atoms with Crippen molar-refractivity contribution in [2.24, 2.45) is 0 Å². The lowest BCUT2D eigenvalue weighted by molar-refractivity contribution is 0.0465. The van der Waals surface area contributed by atoms with E-state index in [0.717, 1.165) is 29.3 Å². The molecular formula is C21H14F2O3. The van der Waals surface area contributed by atoms with Crippen LogP contribution in [0.3, 0.4) is 0 Å². The molecule has 5 heteroatoms. The van der Waals surface area contributed by atoms with Crippen LogP contribution >= 0.6 is 0 Å². The van der Waals surface area contributed by atoms with E-state index in [2.05, 4.69) is 0 Å². The average molecular weight is 352 g/mol. The lowest BCUT2D eigenvalue weighted by Crippen LogP contribution is -2.16. The van der Waals surface area contributed by atoms with Crippen molar-refractivity contribution in [3.8, 4) is 11.1 Å². The number of ether oxygens (including phenoxy) is 1. The highest BCUT2D eigenvalue weighted by molar-refractivity contribution is 5.99. The summed E-state index contributed by atoms with van der Waals surface area (Å²) < 4.78 is 31.8. The van der Waals surface area contributed by atoms with Gasteiger partial charge in [0.05, 0.1) is 0 Å². The Labute approximate surface area is 148 Å². The molecule has 130 valence electrons. The summed E-state index contributed by atoms with van der Waals surface area (Å²) in [6.07, 6.45) is 0. The summed E-state index contributed by atoms with van der Waals surface area (Å²) in [5.41, 5.74) is 1.48. The summed E-state index contributed by atoms with van der Waals surface area (Å²) in [5, 5.41) is 0. The fourth-order valence-electron chi connectivity index (χ4n) is 2.46. The first-order valence-electron chi connectivity index (χ1n) is 7.86. The normalized spacial score (nSPS) is 10.4. The monoisotopic (exact) mass is 352 g/mol. The molecular weight excluding hydrogens is 338 g/mol. The minimum absolute atomic E-state index is 0.339. The van der Waals surface area contributed by atoms with E-state index >= 15 is 0 Å². The predicted octanol–water partition coefficient (Wildman–Crippen LogP) is 4.67. The maximum Gasteiger partial charge on any atom is 0.344 e. The highest BCUT2D eigenvalue weighted by atomic mass is 19.1. The molecule has 0 unspecified atom stereocenters. The van der Waals surface area contributed by atoms with Crippen molar-refractivity contribution in [1.82, 2.24) is 0 Å². The molecule has 0 aliphatic carbocycles. The number of hydrogen-bond donors (Lipinski definition) is 0. The van der Waals surface area contributed by atoms with Gasteiger partial charge in [-0.1, -0.05) is 60.7 Å². The molecule has 0 atom stereocenters. The lowest BCUT2D eigenvalue weighted by atomic mass is 10.0. The third-order valence-electron chi connectivity index (χ3n) is 3.82. The Hall–Kier alpha value is -3.34. The van der Waals surface area contributed by atoms with Crippen molar-refractivity contribution in [1.29, 1.82) is 0 Å². The van der Waals surface area contributed by atoms with Gasteiger partial charge in [0.2, 0.25) is 0 Å². The smallest absolute Gasteiger partial charge is 0.344 e. The van der Waals surface area contributed by atoms with Gasteiger partial charge in [-0.05, 0) is 23.3 Å². The van der Waals surface area contributed by atoms with Crippen LogP contribution in [0.4, 0.5) is 8.78 Å². The van der Waals surface area contributed by atoms with Gasteiger partial charge in [-0.25, -0.2) is 13.6 Å². The molecule has 0 saturated heterocycles. The molecule has 0 bridgehead atoms. The van der Waals surface area contributed by atoms with Crippen molar-refractivity contribution in [2.75, 3.05) is 6.61 Å². The number of benzene rings is 3. The van der Waals surface area contributed by atoms with E-state index in [1.165, 1.54) is 0 Å². The number of Topliss-reactive ketones (excluding diaryl/α,β-unsaturated/α-hetero) is 1. The molecule has 26 heavy (non-hydrogen) atoms. The molecule has 3 rings (SSSR count). The van der Waals surface area contributed by atoms with Crippen molar-refractivity contribution >= 4 is 11.8 Å². The van der Waals surface area contributed by atoms with Crippen molar-refractivity contribution < 1.29 is 23.1 Å². The molecule has 0 aromatic heterocycles. The first-order chi connectivity index (χ1) is 12.6. The van der Waals surface area contributed by atoms with Gasteiger partial charge in [-0.3, -0.25) is 4.79 Å². The lowest BCUT2D eigenvalue weighted by Gasteiger charge is -2.07. The molecule has 3 aromatic carbocycles. The van der Waals surface area contributed by atoms with Crippen LogP contribution in [0.2, 0.25) is 0 Å². The second-order valence-electron chi connectivity index (χ2n) is 5.54. The van der Waals surface area contributed by atoms with E-state index in [9.17, 15) is 18.4 Å². The Morgan fingerprint density at radius 3 is 1.92 bits per heavy atom. The first kappa shape index (κ1) is 17.5. The number of carbonyl (C=O) groups excluding carboxylic acids is 2. The molecule has 3 nitrogen and oxygen atoms in total. The third-order valence-corrected chi connectivity index (χ3v) is 3.82. The molecule has 0 saturated carbocycles. The maximum absolute atomic E-state index is 13.5. The Morgan fingerprint density at radius 1 is 0.731 bits per heavy atom. The number of halogens is 2. The molecule has 0 amide bonds. The van der Waals surface area contributed by atoms with Gasteiger partial charge >= 0.3 is 5.97 Å². The molecule has 0 spiro atoms. The topological polar surface area (TPSA) is 43.4 Å². The van der Waals surface area contributed by atoms with E-state index in [4.69, 9.17) is 4.74 Å². The van der Waals surface area contributed by atoms with E-state index in [0.29, 0.717) is 5.56 Å². The summed E-state index contributed by atoms with van der Waals surface area (Å²) in [5.74, 6) is -3.74. The Balaban J connectivity index is 1.66. The Morgan fingerprint density at radius 2 is 1.31 bits per heavy atom. The number of carbonyl (C=O) groups is 2. The second kappa shape index (κ2) is 7.70. The second-order valence-corrected chi connectivity index (χ2v) is 5.54. The molecule has 0 aliphatic heterocycles. The zero-order valence-electron chi connectivity index (χ0n) is 13.6. The van der Waals surface area contributed by atoms with Crippen LogP contribution in [-0.4, -0.2) is 18.4 Å². The molecule has 0 aliphatic rings. The quantitative estimate of drug-likeness (QED) is 0.495. The maximum atomic E-state index is 13.5. The van der Waals surface area contributed by atoms with Crippen molar-refractivity contribution in [3.63, 3.8) is 0 Å². The summed E-state index contributed by atoms with van der Waals surface area (Å²) in [6.45, 7) is -0.600. The molecule has 0 N–H and O–H groups in total. The summed E-state index contributed by atoms with van der Waals surface area (Å²) in [6, 6.07) is 19.4. The predicted molar refractivity (Wildman–Crippen MR) is 92.8 cm³/mol. The van der Waals surface area contributed by atoms with E-state index in [1.807, 2.05) is 30.3 Å². The number of hydrogen-bond acceptors (Lipinski definition) is 3. The molecule has 0 radical (unpaired) electrons. The standard InChI is InChI=1S/C21H14F2O3/c22-17-7-4-8-18(23)20(17)21(25)26-13-19(24)16-11-9-15(10-12-16)14-5-2-1-3-6-14/h1-12H,13H2. The number of esters is 1. The number of ketones is 1. The molecule has 0 heterocycles. The highest BCUT2D eigenvalue weighted by Gasteiger charge is 2.19. The Bertz CT molecular complexity index is 915. The van der Waals surface area contributed by atoms with Crippen LogP contribution in [0.15, 0.2) is 72.8 Å². The van der Waals surface area contributed by atoms with Crippen LogP contribution in [0.25, 0.3) is 11.1 Å². The molecule has 0 fully saturated rings. The minimum Gasteiger partial charge on any atom is -0.454 e. The average Bonchev–Trinajstić information content (AvgIpc) is 2.67. The highest BCUT2D eigenvalue weighted by Crippen LogP contribution is 2.19. The largest absolute Gasteiger partial charge is 0.454 e. The van der Waals surface area contributed by atoms with Gasteiger partial charge in [0, 0.05) is 5.56 Å². The fourth-order valence-corrected chi connectivity index (χ4v) is 2.46. The van der Waals surface area contributed by atoms with Gasteiger partial charge in [-0.2, -0.15) is 0 Å².